The zero-order chi connectivity index (χ0) is 15.1. The molecule has 0 heterocycles. The number of para-hydroxylation sites is 1. The molecular formula is C18H21NO2. The van der Waals surface area contributed by atoms with Crippen molar-refractivity contribution >= 4 is 11.7 Å². The smallest absolute Gasteiger partial charge is 0.307 e. The third-order valence-corrected chi connectivity index (χ3v) is 3.51. The maximum absolute atomic E-state index is 11.6. The molecular weight excluding hydrogens is 262 g/mol. The molecule has 0 aromatic heterocycles. The van der Waals surface area contributed by atoms with Crippen molar-refractivity contribution in [2.45, 2.75) is 25.9 Å². The number of hydrogen-bond donors (Lipinski definition) is 0. The molecule has 0 saturated heterocycles. The van der Waals surface area contributed by atoms with Gasteiger partial charge in [0.15, 0.2) is 0 Å². The van der Waals surface area contributed by atoms with Crippen LogP contribution in [0.25, 0.3) is 0 Å². The van der Waals surface area contributed by atoms with Gasteiger partial charge in [-0.1, -0.05) is 48.5 Å². The van der Waals surface area contributed by atoms with E-state index < -0.39 is 0 Å². The summed E-state index contributed by atoms with van der Waals surface area (Å²) >= 11 is 0. The molecule has 3 nitrogen and oxygen atoms in total. The Kier molecular flexibility index (Phi) is 5.38. The Morgan fingerprint density at radius 3 is 2.19 bits per heavy atom. The van der Waals surface area contributed by atoms with Crippen molar-refractivity contribution in [1.82, 2.24) is 0 Å². The maximum atomic E-state index is 11.6. The fraction of sp³-hybridized carbons (Fsp3) is 0.278. The Morgan fingerprint density at radius 1 is 1.05 bits per heavy atom. The van der Waals surface area contributed by atoms with E-state index in [-0.39, 0.29) is 12.0 Å². The van der Waals surface area contributed by atoms with Crippen LogP contribution >= 0.6 is 0 Å². The van der Waals surface area contributed by atoms with Crippen LogP contribution in [-0.2, 0) is 16.1 Å². The number of anilines is 1. The molecule has 2 aromatic rings. The lowest BCUT2D eigenvalue weighted by atomic mass is 10.1. The molecule has 2 aromatic carbocycles. The van der Waals surface area contributed by atoms with E-state index in [1.54, 1.807) is 0 Å². The number of carbonyl (C=O) groups is 1. The van der Waals surface area contributed by atoms with E-state index in [0.717, 1.165) is 12.2 Å². The fourth-order valence-electron chi connectivity index (χ4n) is 2.34. The number of benzene rings is 2. The van der Waals surface area contributed by atoms with E-state index >= 15 is 0 Å². The van der Waals surface area contributed by atoms with Gasteiger partial charge in [-0.3, -0.25) is 4.79 Å². The van der Waals surface area contributed by atoms with Crippen molar-refractivity contribution in [1.29, 1.82) is 0 Å². The number of rotatable bonds is 6. The van der Waals surface area contributed by atoms with Crippen LogP contribution in [0.5, 0.6) is 0 Å². The van der Waals surface area contributed by atoms with Crippen molar-refractivity contribution in [3.8, 4) is 0 Å². The van der Waals surface area contributed by atoms with Crippen molar-refractivity contribution in [2.24, 2.45) is 0 Å². The van der Waals surface area contributed by atoms with Gasteiger partial charge in [-0.15, -0.1) is 0 Å². The lowest BCUT2D eigenvalue weighted by molar-refractivity contribution is -0.140. The van der Waals surface area contributed by atoms with Gasteiger partial charge in [-0.25, -0.2) is 0 Å². The summed E-state index contributed by atoms with van der Waals surface area (Å²) in [5, 5.41) is 0. The molecule has 3 heteroatoms. The van der Waals surface area contributed by atoms with E-state index in [9.17, 15) is 4.79 Å². The van der Waals surface area contributed by atoms with Gasteiger partial charge in [0.1, 0.15) is 0 Å². The van der Waals surface area contributed by atoms with Crippen molar-refractivity contribution in [3.05, 3.63) is 66.2 Å². The number of nitrogens with zero attached hydrogens (tertiary/aromatic N) is 1. The minimum atomic E-state index is -0.184. The van der Waals surface area contributed by atoms with Crippen LogP contribution in [0.2, 0.25) is 0 Å². The molecule has 110 valence electrons. The average molecular weight is 283 g/mol. The first-order valence-corrected chi connectivity index (χ1v) is 7.13. The van der Waals surface area contributed by atoms with Gasteiger partial charge >= 0.3 is 5.97 Å². The highest BCUT2D eigenvalue weighted by Crippen LogP contribution is 2.21. The lowest BCUT2D eigenvalue weighted by Gasteiger charge is -2.31. The van der Waals surface area contributed by atoms with E-state index in [2.05, 4.69) is 29.2 Å². The zero-order valence-electron chi connectivity index (χ0n) is 12.5. The highest BCUT2D eigenvalue weighted by atomic mass is 16.5. The number of carbonyl (C=O) groups excluding carboxylic acids is 1. The number of esters is 1. The molecule has 0 amide bonds. The molecule has 2 rings (SSSR count). The molecule has 0 saturated carbocycles. The van der Waals surface area contributed by atoms with Gasteiger partial charge in [0, 0.05) is 18.3 Å². The number of methoxy groups -OCH3 is 1. The maximum Gasteiger partial charge on any atom is 0.307 e. The van der Waals surface area contributed by atoms with E-state index in [0.29, 0.717) is 6.42 Å². The number of hydrogen-bond acceptors (Lipinski definition) is 3. The Balaban J connectivity index is 2.20. The second-order valence-corrected chi connectivity index (χ2v) is 5.08. The first-order valence-electron chi connectivity index (χ1n) is 7.13. The topological polar surface area (TPSA) is 29.5 Å². The van der Waals surface area contributed by atoms with Gasteiger partial charge in [-0.05, 0) is 24.6 Å². The standard InChI is InChI=1S/C18H21NO2/c1-15(13-18(20)21-2)19(17-11-7-4-8-12-17)14-16-9-5-3-6-10-16/h3-12,15H,13-14H2,1-2H3/t15-/m1/s1. The molecule has 21 heavy (non-hydrogen) atoms. The van der Waals surface area contributed by atoms with Gasteiger partial charge in [-0.2, -0.15) is 0 Å². The van der Waals surface area contributed by atoms with E-state index in [1.165, 1.54) is 12.7 Å². The highest BCUT2D eigenvalue weighted by Gasteiger charge is 2.18. The summed E-state index contributed by atoms with van der Waals surface area (Å²) in [5.41, 5.74) is 2.33. The van der Waals surface area contributed by atoms with Crippen LogP contribution in [0.4, 0.5) is 5.69 Å². The zero-order valence-corrected chi connectivity index (χ0v) is 12.5. The second-order valence-electron chi connectivity index (χ2n) is 5.08. The molecule has 0 spiro atoms. The molecule has 1 atom stereocenters. The number of ether oxygens (including phenoxy) is 1. The largest absolute Gasteiger partial charge is 0.469 e. The van der Waals surface area contributed by atoms with Crippen LogP contribution in [-0.4, -0.2) is 19.1 Å². The lowest BCUT2D eigenvalue weighted by Crippen LogP contribution is -2.34. The Bertz CT molecular complexity index is 554. The normalized spacial score (nSPS) is 11.7. The third-order valence-electron chi connectivity index (χ3n) is 3.51. The molecule has 0 aliphatic heterocycles. The first-order chi connectivity index (χ1) is 10.2. The minimum absolute atomic E-state index is 0.0695. The molecule has 0 radical (unpaired) electrons. The quantitative estimate of drug-likeness (QED) is 0.758. The van der Waals surface area contributed by atoms with Crippen molar-refractivity contribution < 1.29 is 9.53 Å². The monoisotopic (exact) mass is 283 g/mol. The molecule has 0 aliphatic rings. The van der Waals surface area contributed by atoms with Gasteiger partial charge in [0.25, 0.3) is 0 Å². The molecule has 0 N–H and O–H groups in total. The summed E-state index contributed by atoms with van der Waals surface area (Å²) in [5.74, 6) is -0.184. The van der Waals surface area contributed by atoms with Crippen LogP contribution < -0.4 is 4.90 Å². The van der Waals surface area contributed by atoms with Crippen LogP contribution in [0, 0.1) is 0 Å². The minimum Gasteiger partial charge on any atom is -0.469 e. The highest BCUT2D eigenvalue weighted by molar-refractivity contribution is 5.70. The Hall–Kier alpha value is -2.29. The summed E-state index contributed by atoms with van der Waals surface area (Å²) in [6.45, 7) is 2.82. The van der Waals surface area contributed by atoms with Crippen molar-refractivity contribution in [2.75, 3.05) is 12.0 Å². The summed E-state index contributed by atoms with van der Waals surface area (Å²) in [6.07, 6.45) is 0.373. The average Bonchev–Trinajstić information content (AvgIpc) is 2.54. The second kappa shape index (κ2) is 7.48. The predicted octanol–water partition coefficient (Wildman–Crippen LogP) is 3.64. The third kappa shape index (κ3) is 4.35. The Labute approximate surface area is 126 Å². The molecule has 0 fully saturated rings. The van der Waals surface area contributed by atoms with Crippen LogP contribution in [0.1, 0.15) is 18.9 Å². The van der Waals surface area contributed by atoms with Crippen LogP contribution in [0.15, 0.2) is 60.7 Å². The molecule has 0 bridgehead atoms. The molecule has 0 unspecified atom stereocenters. The summed E-state index contributed by atoms with van der Waals surface area (Å²) in [6, 6.07) is 20.5. The summed E-state index contributed by atoms with van der Waals surface area (Å²) < 4.78 is 4.79. The fourth-order valence-corrected chi connectivity index (χ4v) is 2.34. The first kappa shape index (κ1) is 15.1. The Morgan fingerprint density at radius 2 is 1.62 bits per heavy atom. The van der Waals surface area contributed by atoms with Gasteiger partial charge < -0.3 is 9.64 Å². The van der Waals surface area contributed by atoms with Gasteiger partial charge in [0.05, 0.1) is 13.5 Å². The molecule has 0 aliphatic carbocycles. The SMILES string of the molecule is COC(=O)C[C@@H](C)N(Cc1ccccc1)c1ccccc1. The predicted molar refractivity (Wildman–Crippen MR) is 85.2 cm³/mol. The van der Waals surface area contributed by atoms with Crippen molar-refractivity contribution in [3.63, 3.8) is 0 Å². The van der Waals surface area contributed by atoms with E-state index in [4.69, 9.17) is 4.74 Å². The summed E-state index contributed by atoms with van der Waals surface area (Å²) in [7, 11) is 1.43. The van der Waals surface area contributed by atoms with Crippen LogP contribution in [0.3, 0.4) is 0 Å². The summed E-state index contributed by atoms with van der Waals surface area (Å²) in [4.78, 5) is 13.8. The van der Waals surface area contributed by atoms with Gasteiger partial charge in [0.2, 0.25) is 0 Å². The van der Waals surface area contributed by atoms with E-state index in [1.807, 2.05) is 43.3 Å².